The van der Waals surface area contributed by atoms with E-state index in [2.05, 4.69) is 15.9 Å². The van der Waals surface area contributed by atoms with Crippen LogP contribution in [0, 0.1) is 5.92 Å². The van der Waals surface area contributed by atoms with E-state index in [1.807, 2.05) is 6.07 Å². The topological polar surface area (TPSA) is 43.4 Å². The first-order valence-corrected chi connectivity index (χ1v) is 5.99. The monoisotopic (exact) mass is 282 g/mol. The molecule has 1 aliphatic carbocycles. The van der Waals surface area contributed by atoms with Gasteiger partial charge in [-0.25, -0.2) is 4.79 Å². The molecular formula is C12H11BrO3. The summed E-state index contributed by atoms with van der Waals surface area (Å²) >= 11 is 3.26. The predicted octanol–water partition coefficient (Wildman–Crippen LogP) is 2.20. The van der Waals surface area contributed by atoms with Gasteiger partial charge in [0.15, 0.2) is 0 Å². The number of carbonyl (C=O) groups is 2. The highest BCUT2D eigenvalue weighted by Gasteiger charge is 2.38. The van der Waals surface area contributed by atoms with Crippen molar-refractivity contribution in [2.45, 2.75) is 11.2 Å². The molecule has 0 spiro atoms. The fourth-order valence-electron chi connectivity index (χ4n) is 1.56. The van der Waals surface area contributed by atoms with Crippen molar-refractivity contribution < 1.29 is 14.3 Å². The minimum atomic E-state index is -0.334. The number of carbonyl (C=O) groups excluding carboxylic acids is 2. The molecule has 0 aliphatic heterocycles. The molecule has 2 atom stereocenters. The van der Waals surface area contributed by atoms with E-state index < -0.39 is 0 Å². The van der Waals surface area contributed by atoms with Gasteiger partial charge < -0.3 is 4.74 Å². The van der Waals surface area contributed by atoms with Crippen LogP contribution in [0.5, 0.6) is 0 Å². The minimum absolute atomic E-state index is 0.125. The third-order valence-corrected chi connectivity index (χ3v) is 3.88. The molecule has 0 unspecified atom stereocenters. The first-order valence-electron chi connectivity index (χ1n) is 5.07. The van der Waals surface area contributed by atoms with Crippen LogP contribution in [-0.4, -0.2) is 23.2 Å². The molecule has 3 nitrogen and oxygen atoms in total. The molecule has 4 heteroatoms. The number of hydrogen-bond acceptors (Lipinski definition) is 3. The lowest BCUT2D eigenvalue weighted by atomic mass is 9.84. The van der Waals surface area contributed by atoms with Crippen LogP contribution in [-0.2, 0) is 9.53 Å². The van der Waals surface area contributed by atoms with Crippen molar-refractivity contribution >= 4 is 27.7 Å². The fraction of sp³-hybridized carbons (Fsp3) is 0.333. The van der Waals surface area contributed by atoms with Gasteiger partial charge in [0.25, 0.3) is 0 Å². The average molecular weight is 283 g/mol. The molecule has 84 valence electrons. The van der Waals surface area contributed by atoms with E-state index in [9.17, 15) is 9.59 Å². The van der Waals surface area contributed by atoms with Gasteiger partial charge in [-0.05, 0) is 12.1 Å². The number of ketones is 1. The number of alkyl halides is 1. The molecule has 1 aliphatic rings. The number of halogens is 1. The lowest BCUT2D eigenvalue weighted by Crippen LogP contribution is -2.41. The molecule has 0 amide bonds. The second-order valence-corrected chi connectivity index (χ2v) is 4.78. The van der Waals surface area contributed by atoms with Crippen molar-refractivity contribution in [2.24, 2.45) is 5.92 Å². The molecule has 1 saturated carbocycles. The van der Waals surface area contributed by atoms with Crippen LogP contribution in [0.2, 0.25) is 0 Å². The van der Waals surface area contributed by atoms with E-state index in [0.29, 0.717) is 18.6 Å². The molecule has 0 saturated heterocycles. The summed E-state index contributed by atoms with van der Waals surface area (Å²) in [6, 6.07) is 8.84. The summed E-state index contributed by atoms with van der Waals surface area (Å²) in [5.74, 6) is -0.0272. The minimum Gasteiger partial charge on any atom is -0.462 e. The molecule has 1 aromatic rings. The highest BCUT2D eigenvalue weighted by molar-refractivity contribution is 9.10. The largest absolute Gasteiger partial charge is 0.462 e. The zero-order valence-corrected chi connectivity index (χ0v) is 10.1. The molecule has 0 heterocycles. The molecule has 1 aromatic carbocycles. The third-order valence-electron chi connectivity index (χ3n) is 2.62. The number of ether oxygens (including phenoxy) is 1. The van der Waals surface area contributed by atoms with Crippen molar-refractivity contribution in [1.29, 1.82) is 0 Å². The zero-order valence-electron chi connectivity index (χ0n) is 8.56. The highest BCUT2D eigenvalue weighted by Crippen LogP contribution is 2.30. The summed E-state index contributed by atoms with van der Waals surface area (Å²) in [4.78, 5) is 22.4. The Bertz CT molecular complexity index is 402. The second kappa shape index (κ2) is 4.78. The lowest BCUT2D eigenvalue weighted by Gasteiger charge is -2.29. The Hall–Kier alpha value is -1.16. The molecule has 0 aromatic heterocycles. The zero-order chi connectivity index (χ0) is 11.5. The Balaban J connectivity index is 1.83. The first-order chi connectivity index (χ1) is 7.68. The number of benzene rings is 1. The summed E-state index contributed by atoms with van der Waals surface area (Å²) in [6.45, 7) is 0.301. The predicted molar refractivity (Wildman–Crippen MR) is 62.6 cm³/mol. The van der Waals surface area contributed by atoms with Gasteiger partial charge in [0.2, 0.25) is 0 Å². The third kappa shape index (κ3) is 2.32. The van der Waals surface area contributed by atoms with Gasteiger partial charge in [-0.1, -0.05) is 34.1 Å². The number of esters is 1. The Morgan fingerprint density at radius 3 is 2.62 bits per heavy atom. The molecule has 0 N–H and O–H groups in total. The van der Waals surface area contributed by atoms with Crippen LogP contribution < -0.4 is 0 Å². The maximum atomic E-state index is 11.6. The summed E-state index contributed by atoms with van der Waals surface area (Å²) < 4.78 is 5.13. The van der Waals surface area contributed by atoms with Crippen LogP contribution in [0.4, 0.5) is 0 Å². The molecule has 1 fully saturated rings. The van der Waals surface area contributed by atoms with E-state index >= 15 is 0 Å². The van der Waals surface area contributed by atoms with E-state index in [1.54, 1.807) is 24.3 Å². The number of Topliss-reactive ketones (excluding diaryl/α,β-unsaturated/α-hetero) is 1. The van der Waals surface area contributed by atoms with Crippen LogP contribution in [0.1, 0.15) is 16.8 Å². The fourth-order valence-corrected chi connectivity index (χ4v) is 2.09. The van der Waals surface area contributed by atoms with Gasteiger partial charge in [0, 0.05) is 12.3 Å². The van der Waals surface area contributed by atoms with Gasteiger partial charge in [0.05, 0.1) is 17.0 Å². The van der Waals surface area contributed by atoms with Crippen molar-refractivity contribution in [1.82, 2.24) is 0 Å². The Morgan fingerprint density at radius 2 is 2.06 bits per heavy atom. The van der Waals surface area contributed by atoms with Crippen LogP contribution in [0.25, 0.3) is 0 Å². The van der Waals surface area contributed by atoms with E-state index in [4.69, 9.17) is 4.74 Å². The van der Waals surface area contributed by atoms with Gasteiger partial charge in [-0.15, -0.1) is 0 Å². The SMILES string of the molecule is O=C(OC[C@@H]1CC(=O)[C@@H]1Br)c1ccccc1. The van der Waals surface area contributed by atoms with Crippen molar-refractivity contribution in [3.05, 3.63) is 35.9 Å². The molecule has 2 rings (SSSR count). The molecular weight excluding hydrogens is 272 g/mol. The standard InChI is InChI=1S/C12H11BrO3/c13-11-9(6-10(11)14)7-16-12(15)8-4-2-1-3-5-8/h1-5,9,11H,6-7H2/t9-,11+/m0/s1. The van der Waals surface area contributed by atoms with Crippen LogP contribution >= 0.6 is 15.9 Å². The Labute approximate surface area is 102 Å². The van der Waals surface area contributed by atoms with E-state index in [1.165, 1.54) is 0 Å². The summed E-state index contributed by atoms with van der Waals surface area (Å²) in [6.07, 6.45) is 0.498. The molecule has 16 heavy (non-hydrogen) atoms. The van der Waals surface area contributed by atoms with E-state index in [-0.39, 0.29) is 22.5 Å². The van der Waals surface area contributed by atoms with Gasteiger partial charge in [-0.2, -0.15) is 0 Å². The van der Waals surface area contributed by atoms with Gasteiger partial charge in [0.1, 0.15) is 5.78 Å². The van der Waals surface area contributed by atoms with Crippen molar-refractivity contribution in [3.63, 3.8) is 0 Å². The van der Waals surface area contributed by atoms with Crippen LogP contribution in [0.15, 0.2) is 30.3 Å². The highest BCUT2D eigenvalue weighted by atomic mass is 79.9. The lowest BCUT2D eigenvalue weighted by molar-refractivity contribution is -0.126. The van der Waals surface area contributed by atoms with E-state index in [0.717, 1.165) is 0 Å². The second-order valence-electron chi connectivity index (χ2n) is 3.80. The van der Waals surface area contributed by atoms with Crippen molar-refractivity contribution in [3.8, 4) is 0 Å². The maximum absolute atomic E-state index is 11.6. The number of hydrogen-bond donors (Lipinski definition) is 0. The summed E-state index contributed by atoms with van der Waals surface area (Å²) in [5, 5.41) is 0. The van der Waals surface area contributed by atoms with Crippen LogP contribution in [0.3, 0.4) is 0 Å². The summed E-state index contributed by atoms with van der Waals surface area (Å²) in [5.41, 5.74) is 0.541. The maximum Gasteiger partial charge on any atom is 0.338 e. The quantitative estimate of drug-likeness (QED) is 0.631. The Morgan fingerprint density at radius 1 is 1.38 bits per heavy atom. The average Bonchev–Trinajstić information content (AvgIpc) is 2.34. The smallest absolute Gasteiger partial charge is 0.338 e. The van der Waals surface area contributed by atoms with Crippen molar-refractivity contribution in [2.75, 3.05) is 6.61 Å². The summed E-state index contributed by atoms with van der Waals surface area (Å²) in [7, 11) is 0. The first kappa shape index (κ1) is 11.3. The number of rotatable bonds is 3. The Kier molecular flexibility index (Phi) is 3.39. The normalized spacial score (nSPS) is 23.7. The van der Waals surface area contributed by atoms with Gasteiger partial charge >= 0.3 is 5.97 Å². The molecule has 0 radical (unpaired) electrons. The van der Waals surface area contributed by atoms with Gasteiger partial charge in [-0.3, -0.25) is 4.79 Å². The molecule has 0 bridgehead atoms.